The van der Waals surface area contributed by atoms with Crippen LogP contribution in [0.1, 0.15) is 48.8 Å². The second-order valence-electron chi connectivity index (χ2n) is 8.79. The fourth-order valence-corrected chi connectivity index (χ4v) is 4.67. The molecule has 33 heavy (non-hydrogen) atoms. The molecular formula is C25H32F3N3O2. The van der Waals surface area contributed by atoms with Crippen molar-refractivity contribution in [3.63, 3.8) is 0 Å². The minimum absolute atomic E-state index is 0. The predicted octanol–water partition coefficient (Wildman–Crippen LogP) is 4.67. The number of pyridine rings is 1. The zero-order chi connectivity index (χ0) is 22.8. The zero-order valence-electron chi connectivity index (χ0n) is 18.1. The summed E-state index contributed by atoms with van der Waals surface area (Å²) < 4.78 is 45.1. The van der Waals surface area contributed by atoms with Crippen LogP contribution in [-0.2, 0) is 17.3 Å². The number of benzene rings is 1. The smallest absolute Gasteiger partial charge is 0.368 e. The van der Waals surface area contributed by atoms with Crippen molar-refractivity contribution in [3.8, 4) is 0 Å². The van der Waals surface area contributed by atoms with Crippen LogP contribution in [-0.4, -0.2) is 65.1 Å². The largest absolute Gasteiger partial charge is 0.416 e. The lowest BCUT2D eigenvalue weighted by molar-refractivity contribution is -0.161. The molecule has 1 atom stereocenters. The van der Waals surface area contributed by atoms with Crippen LogP contribution in [0.25, 0.3) is 0 Å². The van der Waals surface area contributed by atoms with Gasteiger partial charge in [-0.2, -0.15) is 13.2 Å². The Morgan fingerprint density at radius 2 is 1.88 bits per heavy atom. The fraction of sp³-hybridized carbons (Fsp3) is 0.520. The Hall–Kier alpha value is -2.45. The van der Waals surface area contributed by atoms with Gasteiger partial charge in [-0.15, -0.1) is 0 Å². The van der Waals surface area contributed by atoms with Crippen LogP contribution in [0.2, 0.25) is 0 Å². The van der Waals surface area contributed by atoms with E-state index in [0.29, 0.717) is 37.3 Å². The number of carbonyl (C=O) groups is 1. The third-order valence-corrected chi connectivity index (χ3v) is 6.31. The molecule has 1 aromatic carbocycles. The van der Waals surface area contributed by atoms with Crippen molar-refractivity contribution in [2.45, 2.75) is 51.5 Å². The van der Waals surface area contributed by atoms with E-state index in [0.717, 1.165) is 38.1 Å². The molecule has 1 spiro atoms. The van der Waals surface area contributed by atoms with Crippen molar-refractivity contribution in [2.75, 3.05) is 32.7 Å². The van der Waals surface area contributed by atoms with Gasteiger partial charge in [0.2, 0.25) is 0 Å². The molecule has 0 N–H and O–H groups in total. The van der Waals surface area contributed by atoms with E-state index < -0.39 is 11.7 Å². The highest BCUT2D eigenvalue weighted by molar-refractivity contribution is 5.94. The van der Waals surface area contributed by atoms with E-state index in [9.17, 15) is 18.0 Å². The van der Waals surface area contributed by atoms with Crippen LogP contribution in [0.3, 0.4) is 0 Å². The van der Waals surface area contributed by atoms with Gasteiger partial charge in [-0.3, -0.25) is 9.78 Å². The lowest BCUT2D eigenvalue weighted by Crippen LogP contribution is -2.60. The molecule has 2 aromatic rings. The lowest BCUT2D eigenvalue weighted by Gasteiger charge is -2.49. The van der Waals surface area contributed by atoms with Crippen LogP contribution < -0.4 is 0 Å². The van der Waals surface area contributed by atoms with Crippen molar-refractivity contribution < 1.29 is 22.7 Å². The Morgan fingerprint density at radius 3 is 2.55 bits per heavy atom. The topological polar surface area (TPSA) is 45.7 Å². The fourth-order valence-electron chi connectivity index (χ4n) is 4.67. The minimum atomic E-state index is -4.35. The van der Waals surface area contributed by atoms with Crippen LogP contribution in [0.15, 0.2) is 48.7 Å². The van der Waals surface area contributed by atoms with Gasteiger partial charge in [0.1, 0.15) is 0 Å². The molecule has 2 fully saturated rings. The van der Waals surface area contributed by atoms with Crippen molar-refractivity contribution in [1.82, 2.24) is 14.8 Å². The van der Waals surface area contributed by atoms with E-state index in [4.69, 9.17) is 4.74 Å². The number of ether oxygens (including phenoxy) is 1. The van der Waals surface area contributed by atoms with E-state index in [1.807, 2.05) is 42.2 Å². The van der Waals surface area contributed by atoms with E-state index in [1.54, 1.807) is 0 Å². The van der Waals surface area contributed by atoms with Gasteiger partial charge in [-0.1, -0.05) is 25.6 Å². The molecule has 1 aromatic heterocycles. The number of likely N-dealkylation sites (tertiary alicyclic amines) is 1. The summed E-state index contributed by atoms with van der Waals surface area (Å²) in [5.74, 6) is 0.0261. The van der Waals surface area contributed by atoms with Gasteiger partial charge in [-0.25, -0.2) is 0 Å². The predicted molar refractivity (Wildman–Crippen MR) is 121 cm³/mol. The Kier molecular flexibility index (Phi) is 7.80. The standard InChI is InChI=1S/C24H28F3N3O2.CH4/c1-18-16-30(22(31)19-5-3-2-4-6-19)17-23(32-18)9-13-29(14-10-23)12-8-21-15-20(7-11-28-21)24(25,26)27;/h2-7,11,15,18H,8-10,12-14,16-17H2,1H3;1H4. The Balaban J connectivity index is 0.00000306. The third-order valence-electron chi connectivity index (χ3n) is 6.31. The second kappa shape index (κ2) is 10.2. The second-order valence-corrected chi connectivity index (χ2v) is 8.79. The lowest BCUT2D eigenvalue weighted by atomic mass is 9.88. The Bertz CT molecular complexity index is 928. The maximum Gasteiger partial charge on any atom is 0.416 e. The molecule has 1 unspecified atom stereocenters. The highest BCUT2D eigenvalue weighted by Crippen LogP contribution is 2.33. The van der Waals surface area contributed by atoms with Crippen molar-refractivity contribution in [3.05, 3.63) is 65.5 Å². The molecule has 0 radical (unpaired) electrons. The number of hydrogen-bond acceptors (Lipinski definition) is 4. The van der Waals surface area contributed by atoms with Crippen molar-refractivity contribution in [2.24, 2.45) is 0 Å². The van der Waals surface area contributed by atoms with Gasteiger partial charge in [0.15, 0.2) is 0 Å². The maximum absolute atomic E-state index is 13.0. The summed E-state index contributed by atoms with van der Waals surface area (Å²) in [5.41, 5.74) is 0.102. The molecule has 2 saturated heterocycles. The number of halogens is 3. The van der Waals surface area contributed by atoms with Gasteiger partial charge in [0.25, 0.3) is 5.91 Å². The molecule has 0 bridgehead atoms. The first-order chi connectivity index (χ1) is 15.2. The summed E-state index contributed by atoms with van der Waals surface area (Å²) in [6, 6.07) is 11.4. The highest BCUT2D eigenvalue weighted by Gasteiger charge is 2.43. The number of amides is 1. The molecule has 4 rings (SSSR count). The maximum atomic E-state index is 13.0. The summed E-state index contributed by atoms with van der Waals surface area (Å²) in [6.07, 6.45) is -1.14. The summed E-state index contributed by atoms with van der Waals surface area (Å²) in [4.78, 5) is 21.2. The van der Waals surface area contributed by atoms with E-state index in [-0.39, 0.29) is 25.0 Å². The van der Waals surface area contributed by atoms with E-state index in [1.165, 1.54) is 6.20 Å². The molecule has 8 heteroatoms. The van der Waals surface area contributed by atoms with Gasteiger partial charge >= 0.3 is 6.18 Å². The van der Waals surface area contributed by atoms with E-state index in [2.05, 4.69) is 9.88 Å². The number of alkyl halides is 3. The van der Waals surface area contributed by atoms with Gasteiger partial charge in [-0.05, 0) is 44.0 Å². The van der Waals surface area contributed by atoms with Gasteiger partial charge in [0.05, 0.1) is 23.8 Å². The number of rotatable bonds is 4. The molecular weight excluding hydrogens is 431 g/mol. The molecule has 2 aliphatic rings. The number of aromatic nitrogens is 1. The number of carbonyl (C=O) groups excluding carboxylic acids is 1. The molecule has 1 amide bonds. The van der Waals surface area contributed by atoms with Crippen LogP contribution in [0, 0.1) is 0 Å². The minimum Gasteiger partial charge on any atom is -0.368 e. The Morgan fingerprint density at radius 1 is 1.18 bits per heavy atom. The Labute approximate surface area is 193 Å². The summed E-state index contributed by atoms with van der Waals surface area (Å²) in [5, 5.41) is 0. The first kappa shape index (κ1) is 25.2. The van der Waals surface area contributed by atoms with E-state index >= 15 is 0 Å². The average Bonchev–Trinajstić information content (AvgIpc) is 2.78. The first-order valence-electron chi connectivity index (χ1n) is 11.0. The highest BCUT2D eigenvalue weighted by atomic mass is 19.4. The zero-order valence-corrected chi connectivity index (χ0v) is 18.1. The number of morpholine rings is 1. The van der Waals surface area contributed by atoms with Gasteiger partial charge < -0.3 is 14.5 Å². The monoisotopic (exact) mass is 463 g/mol. The summed E-state index contributed by atoms with van der Waals surface area (Å²) >= 11 is 0. The summed E-state index contributed by atoms with van der Waals surface area (Å²) in [6.45, 7) is 5.33. The quantitative estimate of drug-likeness (QED) is 0.661. The average molecular weight is 464 g/mol. The number of nitrogens with zero attached hydrogens (tertiary/aromatic N) is 3. The molecule has 180 valence electrons. The normalized spacial score (nSPS) is 21.0. The molecule has 0 aliphatic carbocycles. The molecule has 2 aliphatic heterocycles. The first-order valence-corrected chi connectivity index (χ1v) is 11.0. The van der Waals surface area contributed by atoms with Crippen molar-refractivity contribution in [1.29, 1.82) is 0 Å². The van der Waals surface area contributed by atoms with Crippen LogP contribution in [0.4, 0.5) is 13.2 Å². The van der Waals surface area contributed by atoms with Gasteiger partial charge in [0, 0.05) is 50.1 Å². The molecule has 0 saturated carbocycles. The van der Waals surface area contributed by atoms with Crippen LogP contribution in [0.5, 0.6) is 0 Å². The third kappa shape index (κ3) is 6.12. The molecule has 5 nitrogen and oxygen atoms in total. The number of piperidine rings is 1. The van der Waals surface area contributed by atoms with Crippen LogP contribution >= 0.6 is 0 Å². The summed E-state index contributed by atoms with van der Waals surface area (Å²) in [7, 11) is 0. The number of hydrogen-bond donors (Lipinski definition) is 0. The molecule has 3 heterocycles. The van der Waals surface area contributed by atoms with Crippen molar-refractivity contribution >= 4 is 5.91 Å². The SMILES string of the molecule is C.CC1CN(C(=O)c2ccccc2)CC2(CCN(CCc3cc(C(F)(F)F)ccn3)CC2)O1.